The molecule has 0 bridgehead atoms. The van der Waals surface area contributed by atoms with E-state index in [9.17, 15) is 9.59 Å². The third-order valence-corrected chi connectivity index (χ3v) is 5.21. The Bertz CT molecular complexity index is 749. The molecule has 2 amide bonds. The zero-order chi connectivity index (χ0) is 18.4. The summed E-state index contributed by atoms with van der Waals surface area (Å²) in [7, 11) is 2.06. The fraction of sp³-hybridized carbons (Fsp3) is 0.444. The van der Waals surface area contributed by atoms with E-state index in [0.29, 0.717) is 23.5 Å². The van der Waals surface area contributed by atoms with Gasteiger partial charge in [-0.05, 0) is 26.4 Å². The number of hydrogen-bond acceptors (Lipinski definition) is 6. The molecule has 1 aromatic carbocycles. The van der Waals surface area contributed by atoms with Gasteiger partial charge in [-0.1, -0.05) is 41.7 Å². The number of anilines is 1. The maximum absolute atomic E-state index is 12.1. The number of aryl methyl sites for hydroxylation is 1. The lowest BCUT2D eigenvalue weighted by Crippen LogP contribution is -2.47. The lowest BCUT2D eigenvalue weighted by molar-refractivity contribution is 0.0982. The highest BCUT2D eigenvalue weighted by molar-refractivity contribution is 7.15. The number of carbonyl (C=O) groups excluding carboxylic acids is 2. The van der Waals surface area contributed by atoms with Crippen LogP contribution in [0.3, 0.4) is 0 Å². The number of ketones is 1. The standard InChI is InChI=1S/C18H23N5O2S/c1-23-11-5-8-14(12-23)19-17(25)20-18-22-21-16(26-18)10-9-15(24)13-6-3-2-4-7-13/h2-4,6-7,14H,5,8-12H2,1H3,(H2,19,20,22,25)/t14-/m1/s1. The van der Waals surface area contributed by atoms with Gasteiger partial charge in [0.05, 0.1) is 0 Å². The molecule has 3 rings (SSSR count). The van der Waals surface area contributed by atoms with Crippen LogP contribution in [-0.2, 0) is 6.42 Å². The fourth-order valence-corrected chi connectivity index (χ4v) is 3.73. The van der Waals surface area contributed by atoms with E-state index in [0.717, 1.165) is 30.9 Å². The number of benzene rings is 1. The van der Waals surface area contributed by atoms with E-state index >= 15 is 0 Å². The van der Waals surface area contributed by atoms with Crippen LogP contribution in [0.2, 0.25) is 0 Å². The largest absolute Gasteiger partial charge is 0.334 e. The summed E-state index contributed by atoms with van der Waals surface area (Å²) in [4.78, 5) is 26.4. The molecule has 1 aliphatic heterocycles. The number of carbonyl (C=O) groups is 2. The summed E-state index contributed by atoms with van der Waals surface area (Å²) in [5.74, 6) is 0.0782. The maximum Gasteiger partial charge on any atom is 0.321 e. The number of hydrogen-bond donors (Lipinski definition) is 2. The maximum atomic E-state index is 12.1. The molecule has 2 N–H and O–H groups in total. The molecule has 0 aliphatic carbocycles. The van der Waals surface area contributed by atoms with E-state index in [1.54, 1.807) is 0 Å². The smallest absolute Gasteiger partial charge is 0.321 e. The molecule has 0 radical (unpaired) electrons. The van der Waals surface area contributed by atoms with Crippen LogP contribution < -0.4 is 10.6 Å². The summed E-state index contributed by atoms with van der Waals surface area (Å²) in [6.45, 7) is 1.93. The van der Waals surface area contributed by atoms with Crippen molar-refractivity contribution < 1.29 is 9.59 Å². The molecule has 1 aromatic heterocycles. The second-order valence-electron chi connectivity index (χ2n) is 6.49. The molecule has 8 heteroatoms. The first-order valence-electron chi connectivity index (χ1n) is 8.77. The van der Waals surface area contributed by atoms with Gasteiger partial charge < -0.3 is 10.2 Å². The number of aromatic nitrogens is 2. The fourth-order valence-electron chi connectivity index (χ4n) is 3.00. The number of amides is 2. The Morgan fingerprint density at radius 3 is 2.85 bits per heavy atom. The highest BCUT2D eigenvalue weighted by Gasteiger charge is 2.19. The average Bonchev–Trinajstić information content (AvgIpc) is 3.07. The first-order chi connectivity index (χ1) is 12.6. The van der Waals surface area contributed by atoms with Crippen molar-refractivity contribution in [1.29, 1.82) is 0 Å². The van der Waals surface area contributed by atoms with Crippen molar-refractivity contribution in [2.75, 3.05) is 25.5 Å². The van der Waals surface area contributed by atoms with E-state index in [-0.39, 0.29) is 17.9 Å². The van der Waals surface area contributed by atoms with Gasteiger partial charge in [0.1, 0.15) is 5.01 Å². The molecule has 26 heavy (non-hydrogen) atoms. The van der Waals surface area contributed by atoms with Gasteiger partial charge in [-0.25, -0.2) is 4.79 Å². The molecule has 2 aromatic rings. The van der Waals surface area contributed by atoms with Gasteiger partial charge in [0.2, 0.25) is 5.13 Å². The number of nitrogens with zero attached hydrogens (tertiary/aromatic N) is 3. The van der Waals surface area contributed by atoms with E-state index in [1.807, 2.05) is 30.3 Å². The third kappa shape index (κ3) is 5.34. The first kappa shape index (κ1) is 18.5. The summed E-state index contributed by atoms with van der Waals surface area (Å²) in [6.07, 6.45) is 2.96. The number of likely N-dealkylation sites (tertiary alicyclic amines) is 1. The van der Waals surface area contributed by atoms with Crippen LogP contribution in [0.1, 0.15) is 34.6 Å². The quantitative estimate of drug-likeness (QED) is 0.760. The van der Waals surface area contributed by atoms with Crippen LogP contribution in [0.5, 0.6) is 0 Å². The molecule has 1 aliphatic rings. The lowest BCUT2D eigenvalue weighted by atomic mass is 10.1. The second-order valence-corrected chi connectivity index (χ2v) is 7.55. The monoisotopic (exact) mass is 373 g/mol. The minimum atomic E-state index is -0.256. The molecule has 0 unspecified atom stereocenters. The number of urea groups is 1. The van der Waals surface area contributed by atoms with Crippen molar-refractivity contribution >= 4 is 28.3 Å². The predicted octanol–water partition coefficient (Wildman–Crippen LogP) is 2.57. The van der Waals surface area contributed by atoms with Crippen LogP contribution in [0.25, 0.3) is 0 Å². The highest BCUT2D eigenvalue weighted by atomic mass is 32.1. The van der Waals surface area contributed by atoms with Crippen LogP contribution in [0, 0.1) is 0 Å². The number of piperidine rings is 1. The molecule has 1 atom stereocenters. The van der Waals surface area contributed by atoms with E-state index in [4.69, 9.17) is 0 Å². The van der Waals surface area contributed by atoms with Crippen molar-refractivity contribution in [2.24, 2.45) is 0 Å². The third-order valence-electron chi connectivity index (χ3n) is 4.31. The Morgan fingerprint density at radius 1 is 1.27 bits per heavy atom. The Hall–Kier alpha value is -2.32. The summed E-state index contributed by atoms with van der Waals surface area (Å²) in [5, 5.41) is 14.9. The minimum absolute atomic E-state index is 0.0782. The summed E-state index contributed by atoms with van der Waals surface area (Å²) < 4.78 is 0. The summed E-state index contributed by atoms with van der Waals surface area (Å²) in [5.41, 5.74) is 0.701. The van der Waals surface area contributed by atoms with Crippen molar-refractivity contribution in [3.05, 3.63) is 40.9 Å². The molecular weight excluding hydrogens is 350 g/mol. The van der Waals surface area contributed by atoms with Gasteiger partial charge in [0, 0.05) is 31.0 Å². The topological polar surface area (TPSA) is 87.2 Å². The van der Waals surface area contributed by atoms with Gasteiger partial charge in [-0.3, -0.25) is 10.1 Å². The van der Waals surface area contributed by atoms with Gasteiger partial charge >= 0.3 is 6.03 Å². The normalized spacial score (nSPS) is 17.7. The van der Waals surface area contributed by atoms with E-state index in [1.165, 1.54) is 11.3 Å². The number of nitrogens with one attached hydrogen (secondary N) is 2. The van der Waals surface area contributed by atoms with Crippen molar-refractivity contribution in [1.82, 2.24) is 20.4 Å². The molecule has 0 saturated carbocycles. The van der Waals surface area contributed by atoms with Crippen molar-refractivity contribution in [3.8, 4) is 0 Å². The van der Waals surface area contributed by atoms with E-state index in [2.05, 4.69) is 32.8 Å². The second kappa shape index (κ2) is 8.86. The number of likely N-dealkylation sites (N-methyl/N-ethyl adjacent to an activating group) is 1. The van der Waals surface area contributed by atoms with Gasteiger partial charge in [0.15, 0.2) is 5.78 Å². The summed E-state index contributed by atoms with van der Waals surface area (Å²) >= 11 is 1.30. The highest BCUT2D eigenvalue weighted by Crippen LogP contribution is 2.18. The molecule has 1 saturated heterocycles. The Balaban J connectivity index is 1.45. The molecule has 0 spiro atoms. The van der Waals surface area contributed by atoms with Crippen LogP contribution in [0.4, 0.5) is 9.93 Å². The zero-order valence-electron chi connectivity index (χ0n) is 14.8. The van der Waals surface area contributed by atoms with Gasteiger partial charge in [0.25, 0.3) is 0 Å². The Morgan fingerprint density at radius 2 is 2.08 bits per heavy atom. The van der Waals surface area contributed by atoms with Gasteiger partial charge in [-0.2, -0.15) is 0 Å². The van der Waals surface area contributed by atoms with Crippen LogP contribution in [0.15, 0.2) is 30.3 Å². The first-order valence-corrected chi connectivity index (χ1v) is 9.58. The Kier molecular flexibility index (Phi) is 6.30. The van der Waals surface area contributed by atoms with Crippen molar-refractivity contribution in [2.45, 2.75) is 31.7 Å². The molecule has 7 nitrogen and oxygen atoms in total. The SMILES string of the molecule is CN1CCC[C@@H](NC(=O)Nc2nnc(CCC(=O)c3ccccc3)s2)C1. The lowest BCUT2D eigenvalue weighted by Gasteiger charge is -2.29. The number of Topliss-reactive ketones (excluding diaryl/α,β-unsaturated/α-hetero) is 1. The van der Waals surface area contributed by atoms with Crippen molar-refractivity contribution in [3.63, 3.8) is 0 Å². The van der Waals surface area contributed by atoms with Gasteiger partial charge in [-0.15, -0.1) is 10.2 Å². The Labute approximate surface area is 156 Å². The molecule has 138 valence electrons. The van der Waals surface area contributed by atoms with Crippen LogP contribution >= 0.6 is 11.3 Å². The average molecular weight is 373 g/mol. The van der Waals surface area contributed by atoms with Crippen LogP contribution in [-0.4, -0.2) is 53.1 Å². The minimum Gasteiger partial charge on any atom is -0.334 e. The molecule has 2 heterocycles. The molecule has 1 fully saturated rings. The summed E-state index contributed by atoms with van der Waals surface area (Å²) in [6, 6.07) is 9.10. The number of rotatable bonds is 6. The predicted molar refractivity (Wildman–Crippen MR) is 102 cm³/mol. The zero-order valence-corrected chi connectivity index (χ0v) is 15.6. The van der Waals surface area contributed by atoms with E-state index < -0.39 is 0 Å². The molecular formula is C18H23N5O2S.